The van der Waals surface area contributed by atoms with Gasteiger partial charge in [0.25, 0.3) is 0 Å². The molecule has 0 saturated carbocycles. The summed E-state index contributed by atoms with van der Waals surface area (Å²) in [4.78, 5) is 0. The van der Waals surface area contributed by atoms with Gasteiger partial charge in [-0.05, 0) is 0 Å². The maximum atomic E-state index is 10.9. The fourth-order valence-corrected chi connectivity index (χ4v) is 1.45. The second-order valence-electron chi connectivity index (χ2n) is 1.12. The predicted octanol–water partition coefficient (Wildman–Crippen LogP) is 1.26. The fourth-order valence-electron chi connectivity index (χ4n) is 0.161. The van der Waals surface area contributed by atoms with Gasteiger partial charge in [-0.25, -0.2) is 29.3 Å². The Hall–Kier alpha value is -0.0262. The standard InChI is InChI=1S/F6HNSi2/c1-8(2,3)7-9(4,5)6/h7H. The number of rotatable bonds is 2. The summed E-state index contributed by atoms with van der Waals surface area (Å²) in [6.45, 7) is 0. The van der Waals surface area contributed by atoms with E-state index in [1.54, 1.807) is 0 Å². The topological polar surface area (TPSA) is 12.0 Å². The highest BCUT2D eigenvalue weighted by Gasteiger charge is 2.54. The van der Waals surface area contributed by atoms with Crippen molar-refractivity contribution >= 4 is 18.5 Å². The zero-order valence-corrected chi connectivity index (χ0v) is 5.77. The van der Waals surface area contributed by atoms with Crippen LogP contribution in [-0.4, -0.2) is 18.5 Å². The fraction of sp³-hybridized carbons (Fsp3) is 0. The van der Waals surface area contributed by atoms with E-state index in [0.29, 0.717) is 0 Å². The number of halogens is 6. The molecule has 0 aliphatic heterocycles. The van der Waals surface area contributed by atoms with Gasteiger partial charge in [0.2, 0.25) is 0 Å². The molecule has 56 valence electrons. The van der Waals surface area contributed by atoms with Crippen molar-refractivity contribution in [2.75, 3.05) is 0 Å². The molecule has 0 heterocycles. The van der Waals surface area contributed by atoms with Gasteiger partial charge in [0.05, 0.1) is 0 Å². The molecule has 9 heavy (non-hydrogen) atoms. The third-order valence-corrected chi connectivity index (χ3v) is 2.55. The van der Waals surface area contributed by atoms with E-state index in [1.807, 2.05) is 0 Å². The van der Waals surface area contributed by atoms with Crippen molar-refractivity contribution in [3.8, 4) is 0 Å². The van der Waals surface area contributed by atoms with Crippen LogP contribution in [0.15, 0.2) is 0 Å². The van der Waals surface area contributed by atoms with Crippen LogP contribution >= 0.6 is 0 Å². The van der Waals surface area contributed by atoms with Crippen LogP contribution in [0.4, 0.5) is 24.6 Å². The van der Waals surface area contributed by atoms with E-state index < -0.39 is 18.5 Å². The van der Waals surface area contributed by atoms with Crippen LogP contribution < -0.4 is 4.65 Å². The first kappa shape index (κ1) is 8.97. The van der Waals surface area contributed by atoms with Crippen molar-refractivity contribution in [3.05, 3.63) is 0 Å². The smallest absolute Gasteiger partial charge is 0.225 e. The van der Waals surface area contributed by atoms with E-state index in [0.717, 1.165) is 0 Å². The van der Waals surface area contributed by atoms with Crippen LogP contribution in [0.2, 0.25) is 0 Å². The Morgan fingerprint density at radius 1 is 0.667 bits per heavy atom. The third kappa shape index (κ3) is 7.97. The molecule has 0 radical (unpaired) electrons. The quantitative estimate of drug-likeness (QED) is 0.388. The van der Waals surface area contributed by atoms with E-state index in [2.05, 4.69) is 0 Å². The van der Waals surface area contributed by atoms with Crippen molar-refractivity contribution < 1.29 is 24.6 Å². The Morgan fingerprint density at radius 3 is 0.889 bits per heavy atom. The average Bonchev–Trinajstić information content (AvgIpc) is 1.14. The van der Waals surface area contributed by atoms with Gasteiger partial charge in [-0.2, -0.15) is 0 Å². The summed E-state index contributed by atoms with van der Waals surface area (Å²) in [5.74, 6) is 0. The van der Waals surface area contributed by atoms with Crippen LogP contribution in [0.1, 0.15) is 0 Å². The molecule has 0 atom stereocenters. The van der Waals surface area contributed by atoms with E-state index in [1.165, 1.54) is 0 Å². The molecule has 1 nitrogen and oxygen atoms in total. The van der Waals surface area contributed by atoms with E-state index >= 15 is 0 Å². The molecule has 0 aromatic rings. The molecule has 1 N–H and O–H groups in total. The Kier molecular flexibility index (Phi) is 2.30. The molecule has 0 bridgehead atoms. The predicted molar refractivity (Wildman–Crippen MR) is 21.3 cm³/mol. The molecular formula is HF6NSi2. The highest BCUT2D eigenvalue weighted by Crippen LogP contribution is 2.11. The third-order valence-electron chi connectivity index (χ3n) is 0.283. The average molecular weight is 185 g/mol. The Labute approximate surface area is 48.9 Å². The first-order valence-corrected chi connectivity index (χ1v) is 4.90. The molecule has 0 fully saturated rings. The van der Waals surface area contributed by atoms with Crippen molar-refractivity contribution in [2.45, 2.75) is 0 Å². The van der Waals surface area contributed by atoms with Gasteiger partial charge >= 0.3 is 18.5 Å². The van der Waals surface area contributed by atoms with Gasteiger partial charge in [-0.15, -0.1) is 0 Å². The molecule has 0 amide bonds. The largest absolute Gasteiger partial charge is 0.715 e. The van der Waals surface area contributed by atoms with Gasteiger partial charge < -0.3 is 0 Å². The molecule has 0 spiro atoms. The minimum absolute atomic E-state index is 0.264. The monoisotopic (exact) mass is 185 g/mol. The second kappa shape index (κ2) is 2.30. The molecule has 0 aromatic heterocycles. The maximum Gasteiger partial charge on any atom is 0.715 e. The Balaban J connectivity index is 3.75. The van der Waals surface area contributed by atoms with Crippen LogP contribution in [0.5, 0.6) is 0 Å². The minimum atomic E-state index is -6.61. The maximum absolute atomic E-state index is 10.9. The van der Waals surface area contributed by atoms with Crippen molar-refractivity contribution in [2.24, 2.45) is 0 Å². The van der Waals surface area contributed by atoms with Crippen LogP contribution in [0, 0.1) is 0 Å². The van der Waals surface area contributed by atoms with Gasteiger partial charge in [0.1, 0.15) is 0 Å². The molecule has 0 unspecified atom stereocenters. The molecule has 0 aliphatic rings. The summed E-state index contributed by atoms with van der Waals surface area (Å²) in [6, 6.07) is 0. The van der Waals surface area contributed by atoms with E-state index in [4.69, 9.17) is 0 Å². The molecule has 0 aliphatic carbocycles. The minimum Gasteiger partial charge on any atom is -0.225 e. The summed E-state index contributed by atoms with van der Waals surface area (Å²) >= 11 is 0. The first-order chi connectivity index (χ1) is 3.71. The number of hydrogen-bond acceptors (Lipinski definition) is 1. The first-order valence-electron chi connectivity index (χ1n) is 1.63. The Bertz CT molecular complexity index is 76.2. The lowest BCUT2D eigenvalue weighted by molar-refractivity contribution is 0.403. The lowest BCUT2D eigenvalue weighted by atomic mass is 13.9. The molecular weight excluding hydrogens is 184 g/mol. The highest BCUT2D eigenvalue weighted by atomic mass is 28.5. The zero-order chi connectivity index (χ0) is 7.71. The molecule has 0 rings (SSSR count). The van der Waals surface area contributed by atoms with Gasteiger partial charge in [0.15, 0.2) is 0 Å². The van der Waals surface area contributed by atoms with Crippen molar-refractivity contribution in [1.82, 2.24) is 4.65 Å². The highest BCUT2D eigenvalue weighted by molar-refractivity contribution is 6.73. The second-order valence-corrected chi connectivity index (χ2v) is 4.11. The van der Waals surface area contributed by atoms with Crippen LogP contribution in [0.3, 0.4) is 0 Å². The number of nitrogens with one attached hydrogen (secondary N) is 1. The summed E-state index contributed by atoms with van der Waals surface area (Å²) in [5.41, 5.74) is 0. The zero-order valence-electron chi connectivity index (χ0n) is 3.77. The molecule has 0 saturated heterocycles. The Morgan fingerprint density at radius 2 is 0.889 bits per heavy atom. The van der Waals surface area contributed by atoms with Crippen LogP contribution in [-0.2, 0) is 0 Å². The molecule has 9 heteroatoms. The normalized spacial score (nSPS) is 14.0. The SMILES string of the molecule is F[Si](F)(F)N[Si](F)(F)F. The number of hydrogen-bond donors (Lipinski definition) is 1. The van der Waals surface area contributed by atoms with E-state index in [-0.39, 0.29) is 4.65 Å². The molecule has 0 aromatic carbocycles. The van der Waals surface area contributed by atoms with Crippen molar-refractivity contribution in [3.63, 3.8) is 0 Å². The van der Waals surface area contributed by atoms with Gasteiger partial charge in [-0.3, -0.25) is 0 Å². The summed E-state index contributed by atoms with van der Waals surface area (Å²) < 4.78 is 65.1. The summed E-state index contributed by atoms with van der Waals surface area (Å²) in [6.07, 6.45) is 0. The van der Waals surface area contributed by atoms with Gasteiger partial charge in [0, 0.05) is 0 Å². The van der Waals surface area contributed by atoms with E-state index in [9.17, 15) is 24.6 Å². The van der Waals surface area contributed by atoms with Gasteiger partial charge in [-0.1, -0.05) is 0 Å². The van der Waals surface area contributed by atoms with Crippen molar-refractivity contribution in [1.29, 1.82) is 0 Å². The summed E-state index contributed by atoms with van der Waals surface area (Å²) in [7, 11) is -13.2. The lowest BCUT2D eigenvalue weighted by Crippen LogP contribution is -2.51. The lowest BCUT2D eigenvalue weighted by Gasteiger charge is -2.03. The summed E-state index contributed by atoms with van der Waals surface area (Å²) in [5, 5.41) is 0. The van der Waals surface area contributed by atoms with Crippen LogP contribution in [0.25, 0.3) is 0 Å².